The van der Waals surface area contributed by atoms with E-state index in [1.807, 2.05) is 42.5 Å². The lowest BCUT2D eigenvalue weighted by Gasteiger charge is -2.25. The largest absolute Gasteiger partial charge is 0.461 e. The van der Waals surface area contributed by atoms with Gasteiger partial charge in [-0.25, -0.2) is 4.79 Å². The van der Waals surface area contributed by atoms with Gasteiger partial charge in [-0.05, 0) is 75.9 Å². The number of aryl methyl sites for hydroxylation is 3. The summed E-state index contributed by atoms with van der Waals surface area (Å²) in [4.78, 5) is 21.6. The zero-order valence-electron chi connectivity index (χ0n) is 25.1. The molecule has 0 radical (unpaired) electrons. The van der Waals surface area contributed by atoms with E-state index in [-0.39, 0.29) is 59.1 Å². The third kappa shape index (κ3) is 7.67. The number of hydrogen-bond donors (Lipinski definition) is 1. The third-order valence-corrected chi connectivity index (χ3v) is 9.47. The number of alkyl halides is 3. The van der Waals surface area contributed by atoms with Crippen LogP contribution in [-0.2, 0) is 30.9 Å². The Labute approximate surface area is 255 Å². The molecule has 0 aliphatic carbocycles. The Balaban J connectivity index is 1.80. The molecule has 0 saturated carbocycles. The van der Waals surface area contributed by atoms with Gasteiger partial charge in [-0.2, -0.15) is 13.2 Å². The Morgan fingerprint density at radius 2 is 1.66 bits per heavy atom. The summed E-state index contributed by atoms with van der Waals surface area (Å²) in [6.07, 6.45) is -1.46. The number of aromatic nitrogens is 2. The average Bonchev–Trinajstić information content (AvgIpc) is 3.52. The lowest BCUT2D eigenvalue weighted by molar-refractivity contribution is -0.137. The Morgan fingerprint density at radius 1 is 0.955 bits per heavy atom. The van der Waals surface area contributed by atoms with Crippen LogP contribution in [-0.4, -0.2) is 35.8 Å². The van der Waals surface area contributed by atoms with Crippen LogP contribution in [0.4, 0.5) is 13.2 Å². The molecular weight excluding hydrogens is 592 g/mol. The lowest BCUT2D eigenvalue weighted by Crippen LogP contribution is -2.25. The maximum absolute atomic E-state index is 14.2. The van der Waals surface area contributed by atoms with Crippen molar-refractivity contribution in [3.05, 3.63) is 107 Å². The highest BCUT2D eigenvalue weighted by atomic mass is 31.2. The molecule has 234 valence electrons. The first-order valence-corrected chi connectivity index (χ1v) is 16.0. The van der Waals surface area contributed by atoms with Crippen LogP contribution in [0.2, 0.25) is 0 Å². The van der Waals surface area contributed by atoms with Crippen LogP contribution in [0.5, 0.6) is 0 Å². The fraction of sp³-hybridized carbons (Fsp3) is 0.333. The van der Waals surface area contributed by atoms with Gasteiger partial charge in [0.25, 0.3) is 0 Å². The van der Waals surface area contributed by atoms with E-state index in [0.717, 1.165) is 29.8 Å². The minimum Gasteiger partial charge on any atom is -0.461 e. The second kappa shape index (κ2) is 14.4. The molecule has 2 aromatic carbocycles. The molecule has 11 heteroatoms. The fourth-order valence-electron chi connectivity index (χ4n) is 5.22. The van der Waals surface area contributed by atoms with Crippen molar-refractivity contribution in [2.75, 3.05) is 19.8 Å². The fourth-order valence-corrected chi connectivity index (χ4v) is 7.20. The topological polar surface area (TPSA) is 90.5 Å². The van der Waals surface area contributed by atoms with Crippen LogP contribution >= 0.6 is 7.60 Å². The standard InChI is InChI=1S/C33H36F3N2O5P/c1-5-42-44(40,43-6-2)31-23(4)38-22(3)29(30(31)25-14-10-15-27(20-25)33(34,35)36)32(39)41-21-26(28-16-11-19-37-28)18-17-24-12-8-7-9-13-24/h7-16,19-20,26,37H,5-6,17-18,21H2,1-4H3. The van der Waals surface area contributed by atoms with Crippen molar-refractivity contribution < 1.29 is 36.3 Å². The number of ether oxygens (including phenoxy) is 1. The van der Waals surface area contributed by atoms with E-state index in [4.69, 9.17) is 13.8 Å². The summed E-state index contributed by atoms with van der Waals surface area (Å²) >= 11 is 0. The Morgan fingerprint density at radius 3 is 2.27 bits per heavy atom. The third-order valence-electron chi connectivity index (χ3n) is 7.18. The van der Waals surface area contributed by atoms with Gasteiger partial charge in [0.15, 0.2) is 0 Å². The Hall–Kier alpha value is -3.72. The maximum atomic E-state index is 14.2. The number of pyridine rings is 1. The minimum atomic E-state index is -4.65. The molecular formula is C33H36F3N2O5P. The van der Waals surface area contributed by atoms with Gasteiger partial charge in [-0.3, -0.25) is 9.55 Å². The highest BCUT2D eigenvalue weighted by molar-refractivity contribution is 7.62. The molecule has 0 fully saturated rings. The van der Waals surface area contributed by atoms with Gasteiger partial charge in [0, 0.05) is 23.4 Å². The molecule has 7 nitrogen and oxygen atoms in total. The molecule has 0 aliphatic rings. The van der Waals surface area contributed by atoms with Crippen molar-refractivity contribution >= 4 is 18.9 Å². The van der Waals surface area contributed by atoms with Gasteiger partial charge in [0.2, 0.25) is 0 Å². The van der Waals surface area contributed by atoms with E-state index >= 15 is 0 Å². The van der Waals surface area contributed by atoms with Crippen LogP contribution in [0.1, 0.15) is 64.8 Å². The van der Waals surface area contributed by atoms with Crippen LogP contribution in [0.15, 0.2) is 72.9 Å². The highest BCUT2D eigenvalue weighted by Gasteiger charge is 2.38. The molecule has 44 heavy (non-hydrogen) atoms. The summed E-state index contributed by atoms with van der Waals surface area (Å²) in [5.74, 6) is -0.998. The monoisotopic (exact) mass is 628 g/mol. The van der Waals surface area contributed by atoms with Crippen LogP contribution in [0, 0.1) is 13.8 Å². The number of nitrogens with zero attached hydrogens (tertiary/aromatic N) is 1. The number of benzene rings is 2. The predicted molar refractivity (Wildman–Crippen MR) is 163 cm³/mol. The first-order chi connectivity index (χ1) is 21.0. The molecule has 1 N–H and O–H groups in total. The molecule has 1 atom stereocenters. The smallest absolute Gasteiger partial charge is 0.416 e. The van der Waals surface area contributed by atoms with Crippen molar-refractivity contribution in [2.45, 2.75) is 52.6 Å². The number of hydrogen-bond acceptors (Lipinski definition) is 6. The molecule has 4 aromatic rings. The Bertz CT molecular complexity index is 1600. The van der Waals surface area contributed by atoms with E-state index in [0.29, 0.717) is 6.42 Å². The van der Waals surface area contributed by atoms with Crippen molar-refractivity contribution in [3.63, 3.8) is 0 Å². The second-order valence-corrected chi connectivity index (χ2v) is 12.2. The van der Waals surface area contributed by atoms with E-state index < -0.39 is 25.3 Å². The van der Waals surface area contributed by atoms with Gasteiger partial charge in [-0.1, -0.05) is 42.5 Å². The zero-order chi connectivity index (χ0) is 31.9. The lowest BCUT2D eigenvalue weighted by atomic mass is 9.95. The average molecular weight is 629 g/mol. The SMILES string of the molecule is CCOP(=O)(OCC)c1c(C)nc(C)c(C(=O)OCC(CCc2ccccc2)c2ccc[nH]2)c1-c1cccc(C(F)(F)F)c1. The van der Waals surface area contributed by atoms with Crippen molar-refractivity contribution in [1.82, 2.24) is 9.97 Å². The van der Waals surface area contributed by atoms with Gasteiger partial charge in [-0.15, -0.1) is 0 Å². The Kier molecular flexibility index (Phi) is 10.8. The first-order valence-electron chi connectivity index (χ1n) is 14.4. The van der Waals surface area contributed by atoms with Crippen LogP contribution in [0.3, 0.4) is 0 Å². The quantitative estimate of drug-likeness (QED) is 0.119. The summed E-state index contributed by atoms with van der Waals surface area (Å²) in [5.41, 5.74) is 1.40. The zero-order valence-corrected chi connectivity index (χ0v) is 26.0. The maximum Gasteiger partial charge on any atom is 0.416 e. The van der Waals surface area contributed by atoms with E-state index in [1.165, 1.54) is 12.1 Å². The van der Waals surface area contributed by atoms with Crippen molar-refractivity contribution in [1.29, 1.82) is 0 Å². The molecule has 2 heterocycles. The highest BCUT2D eigenvalue weighted by Crippen LogP contribution is 2.51. The van der Waals surface area contributed by atoms with Crippen LogP contribution in [0.25, 0.3) is 11.1 Å². The molecule has 0 bridgehead atoms. The molecule has 0 saturated heterocycles. The number of H-pyrrole nitrogens is 1. The summed E-state index contributed by atoms with van der Waals surface area (Å²) < 4.78 is 72.7. The van der Waals surface area contributed by atoms with E-state index in [2.05, 4.69) is 9.97 Å². The first kappa shape index (κ1) is 33.2. The van der Waals surface area contributed by atoms with Crippen LogP contribution < -0.4 is 5.30 Å². The molecule has 4 rings (SSSR count). The number of aromatic amines is 1. The molecule has 0 amide bonds. The summed E-state index contributed by atoms with van der Waals surface area (Å²) in [7, 11) is -4.13. The summed E-state index contributed by atoms with van der Waals surface area (Å²) in [6.45, 7) is 6.34. The summed E-state index contributed by atoms with van der Waals surface area (Å²) in [6, 6.07) is 18.2. The van der Waals surface area contributed by atoms with Gasteiger partial charge >= 0.3 is 19.7 Å². The second-order valence-electron chi connectivity index (χ2n) is 10.2. The van der Waals surface area contributed by atoms with E-state index in [9.17, 15) is 22.5 Å². The normalized spacial score (nSPS) is 12.7. The number of carbonyl (C=O) groups excluding carboxylic acids is 1. The number of carbonyl (C=O) groups is 1. The molecule has 0 spiro atoms. The molecule has 2 aromatic heterocycles. The minimum absolute atomic E-state index is 0.00829. The number of esters is 1. The van der Waals surface area contributed by atoms with Gasteiger partial charge in [0.1, 0.15) is 0 Å². The van der Waals surface area contributed by atoms with Gasteiger partial charge in [0.05, 0.1) is 47.6 Å². The summed E-state index contributed by atoms with van der Waals surface area (Å²) in [5, 5.41) is -0.0666. The number of nitrogens with one attached hydrogen (secondary N) is 1. The van der Waals surface area contributed by atoms with Gasteiger partial charge < -0.3 is 18.8 Å². The number of halogens is 3. The van der Waals surface area contributed by atoms with Crippen molar-refractivity contribution in [2.24, 2.45) is 0 Å². The molecule has 1 unspecified atom stereocenters. The molecule has 0 aliphatic heterocycles. The van der Waals surface area contributed by atoms with E-state index in [1.54, 1.807) is 33.9 Å². The number of rotatable bonds is 13. The van der Waals surface area contributed by atoms with Crippen molar-refractivity contribution in [3.8, 4) is 11.1 Å². The predicted octanol–water partition coefficient (Wildman–Crippen LogP) is 8.18.